The van der Waals surface area contributed by atoms with Crippen LogP contribution in [-0.2, 0) is 23.1 Å². The van der Waals surface area contributed by atoms with Crippen LogP contribution in [0.15, 0.2) is 6.20 Å². The number of methoxy groups -OCH3 is 1. The topological polar surface area (TPSA) is 61.2 Å². The van der Waals surface area contributed by atoms with E-state index >= 15 is 0 Å². The normalized spacial score (nSPS) is 10.8. The van der Waals surface area contributed by atoms with E-state index in [-0.39, 0.29) is 0 Å². The highest BCUT2D eigenvalue weighted by Crippen LogP contribution is 1.88. The predicted octanol–water partition coefficient (Wildman–Crippen LogP) is -0.432. The largest absolute Gasteiger partial charge is 0.382 e. The first-order chi connectivity index (χ1) is 7.33. The molecule has 15 heavy (non-hydrogen) atoms. The Morgan fingerprint density at radius 1 is 1.40 bits per heavy atom. The van der Waals surface area contributed by atoms with Crippen LogP contribution in [0, 0.1) is 0 Å². The van der Waals surface area contributed by atoms with Crippen LogP contribution in [0.5, 0.6) is 0 Å². The summed E-state index contributed by atoms with van der Waals surface area (Å²) in [5, 5.41) is 11.0. The molecular formula is C9H18N4O2. The molecule has 6 heteroatoms. The van der Waals surface area contributed by atoms with Crippen LogP contribution in [0.4, 0.5) is 0 Å². The van der Waals surface area contributed by atoms with Crippen molar-refractivity contribution < 1.29 is 9.47 Å². The zero-order valence-electron chi connectivity index (χ0n) is 9.27. The van der Waals surface area contributed by atoms with E-state index in [1.807, 2.05) is 13.2 Å². The molecule has 1 N–H and O–H groups in total. The number of hydrogen-bond donors (Lipinski definition) is 1. The molecule has 6 nitrogen and oxygen atoms in total. The van der Waals surface area contributed by atoms with E-state index < -0.39 is 0 Å². The summed E-state index contributed by atoms with van der Waals surface area (Å²) in [6.07, 6.45) is 1.89. The van der Waals surface area contributed by atoms with Crippen LogP contribution in [0.3, 0.4) is 0 Å². The molecule has 0 unspecified atom stereocenters. The molecule has 0 fully saturated rings. The first-order valence-electron chi connectivity index (χ1n) is 4.95. The molecule has 1 heterocycles. The monoisotopic (exact) mass is 214 g/mol. The molecule has 0 atom stereocenters. The van der Waals surface area contributed by atoms with Crippen molar-refractivity contribution in [3.05, 3.63) is 11.9 Å². The van der Waals surface area contributed by atoms with E-state index in [1.54, 1.807) is 11.8 Å². The fourth-order valence-corrected chi connectivity index (χ4v) is 1.08. The van der Waals surface area contributed by atoms with Crippen LogP contribution in [0.25, 0.3) is 0 Å². The Hall–Kier alpha value is -0.980. The van der Waals surface area contributed by atoms with Gasteiger partial charge < -0.3 is 14.8 Å². The van der Waals surface area contributed by atoms with E-state index in [1.165, 1.54) is 0 Å². The van der Waals surface area contributed by atoms with Crippen LogP contribution in [0.1, 0.15) is 5.69 Å². The molecule has 0 saturated heterocycles. The number of aromatic nitrogens is 3. The lowest BCUT2D eigenvalue weighted by Gasteiger charge is -2.03. The second kappa shape index (κ2) is 7.33. The van der Waals surface area contributed by atoms with Gasteiger partial charge in [-0.3, -0.25) is 4.68 Å². The van der Waals surface area contributed by atoms with Gasteiger partial charge in [0, 0.05) is 33.4 Å². The van der Waals surface area contributed by atoms with E-state index in [0.717, 1.165) is 18.8 Å². The molecule has 1 rings (SSSR count). The van der Waals surface area contributed by atoms with Crippen molar-refractivity contribution in [2.24, 2.45) is 7.05 Å². The van der Waals surface area contributed by atoms with Gasteiger partial charge in [0.15, 0.2) is 0 Å². The molecule has 0 bridgehead atoms. The summed E-state index contributed by atoms with van der Waals surface area (Å²) in [5.74, 6) is 0. The lowest BCUT2D eigenvalue weighted by atomic mass is 10.4. The van der Waals surface area contributed by atoms with Gasteiger partial charge in [-0.2, -0.15) is 0 Å². The SMILES string of the molecule is COCCOCCNCc1cn(C)nn1. The Morgan fingerprint density at radius 3 is 2.93 bits per heavy atom. The van der Waals surface area contributed by atoms with Gasteiger partial charge in [0.05, 0.1) is 25.5 Å². The van der Waals surface area contributed by atoms with Crippen molar-refractivity contribution >= 4 is 0 Å². The van der Waals surface area contributed by atoms with Crippen molar-refractivity contribution in [2.45, 2.75) is 6.54 Å². The first kappa shape index (κ1) is 12.1. The Bertz CT molecular complexity index is 264. The van der Waals surface area contributed by atoms with Gasteiger partial charge in [0.2, 0.25) is 0 Å². The summed E-state index contributed by atoms with van der Waals surface area (Å²) >= 11 is 0. The number of aryl methyl sites for hydroxylation is 1. The fraction of sp³-hybridized carbons (Fsp3) is 0.778. The number of nitrogens with zero attached hydrogens (tertiary/aromatic N) is 3. The molecule has 0 aliphatic heterocycles. The second-order valence-corrected chi connectivity index (χ2v) is 3.17. The maximum absolute atomic E-state index is 5.29. The van der Waals surface area contributed by atoms with Gasteiger partial charge in [0.1, 0.15) is 0 Å². The molecule has 0 amide bonds. The van der Waals surface area contributed by atoms with Gasteiger partial charge in [-0.25, -0.2) is 0 Å². The average molecular weight is 214 g/mol. The summed E-state index contributed by atoms with van der Waals surface area (Å²) in [4.78, 5) is 0. The molecule has 1 aromatic rings. The third kappa shape index (κ3) is 5.46. The van der Waals surface area contributed by atoms with Crippen LogP contribution in [-0.4, -0.2) is 48.5 Å². The smallest absolute Gasteiger partial charge is 0.0964 e. The third-order valence-electron chi connectivity index (χ3n) is 1.81. The van der Waals surface area contributed by atoms with Gasteiger partial charge in [-0.05, 0) is 0 Å². The van der Waals surface area contributed by atoms with Crippen LogP contribution >= 0.6 is 0 Å². The highest BCUT2D eigenvalue weighted by molar-refractivity contribution is 4.90. The van der Waals surface area contributed by atoms with Gasteiger partial charge in [-0.1, -0.05) is 5.21 Å². The van der Waals surface area contributed by atoms with E-state index in [9.17, 15) is 0 Å². The standard InChI is InChI=1S/C9H18N4O2/c1-13-8-9(11-12-13)7-10-3-4-15-6-5-14-2/h8,10H,3-7H2,1-2H3. The Kier molecular flexibility index (Phi) is 5.91. The summed E-state index contributed by atoms with van der Waals surface area (Å²) in [7, 11) is 3.51. The van der Waals surface area contributed by atoms with Crippen LogP contribution in [0.2, 0.25) is 0 Å². The van der Waals surface area contributed by atoms with Gasteiger partial charge in [0.25, 0.3) is 0 Å². The Labute approximate surface area is 89.6 Å². The molecule has 1 aromatic heterocycles. The maximum atomic E-state index is 5.29. The predicted molar refractivity (Wildman–Crippen MR) is 55.4 cm³/mol. The summed E-state index contributed by atoms with van der Waals surface area (Å²) < 4.78 is 11.8. The van der Waals surface area contributed by atoms with Crippen molar-refractivity contribution in [2.75, 3.05) is 33.5 Å². The first-order valence-corrected chi connectivity index (χ1v) is 4.95. The fourth-order valence-electron chi connectivity index (χ4n) is 1.08. The Balaban J connectivity index is 1.93. The minimum atomic E-state index is 0.642. The molecule has 0 aliphatic rings. The second-order valence-electron chi connectivity index (χ2n) is 3.17. The highest BCUT2D eigenvalue weighted by atomic mass is 16.5. The minimum absolute atomic E-state index is 0.642. The quantitative estimate of drug-likeness (QED) is 0.595. The van der Waals surface area contributed by atoms with E-state index in [0.29, 0.717) is 19.8 Å². The lowest BCUT2D eigenvalue weighted by molar-refractivity contribution is 0.0719. The van der Waals surface area contributed by atoms with Crippen LogP contribution < -0.4 is 5.32 Å². The number of rotatable bonds is 8. The zero-order chi connectivity index (χ0) is 10.9. The van der Waals surface area contributed by atoms with Crippen molar-refractivity contribution in [3.8, 4) is 0 Å². The molecule has 0 aliphatic carbocycles. The molecule has 0 saturated carbocycles. The van der Waals surface area contributed by atoms with Crippen molar-refractivity contribution in [3.63, 3.8) is 0 Å². The van der Waals surface area contributed by atoms with Crippen molar-refractivity contribution in [1.29, 1.82) is 0 Å². The summed E-state index contributed by atoms with van der Waals surface area (Å²) in [6.45, 7) is 3.50. The van der Waals surface area contributed by atoms with E-state index in [2.05, 4.69) is 15.6 Å². The van der Waals surface area contributed by atoms with Crippen molar-refractivity contribution in [1.82, 2.24) is 20.3 Å². The minimum Gasteiger partial charge on any atom is -0.382 e. The molecule has 0 aromatic carbocycles. The number of ether oxygens (including phenoxy) is 2. The zero-order valence-corrected chi connectivity index (χ0v) is 9.27. The van der Waals surface area contributed by atoms with Gasteiger partial charge >= 0.3 is 0 Å². The summed E-state index contributed by atoms with van der Waals surface area (Å²) in [6, 6.07) is 0. The Morgan fingerprint density at radius 2 is 2.27 bits per heavy atom. The number of hydrogen-bond acceptors (Lipinski definition) is 5. The molecule has 0 spiro atoms. The van der Waals surface area contributed by atoms with E-state index in [4.69, 9.17) is 9.47 Å². The highest BCUT2D eigenvalue weighted by Gasteiger charge is 1.96. The molecule has 0 radical (unpaired) electrons. The van der Waals surface area contributed by atoms with Gasteiger partial charge in [-0.15, -0.1) is 5.10 Å². The molecular weight excluding hydrogens is 196 g/mol. The lowest BCUT2D eigenvalue weighted by Crippen LogP contribution is -2.20. The maximum Gasteiger partial charge on any atom is 0.0964 e. The molecule has 86 valence electrons. The third-order valence-corrected chi connectivity index (χ3v) is 1.81. The average Bonchev–Trinajstić information content (AvgIpc) is 2.63. The summed E-state index contributed by atoms with van der Waals surface area (Å²) in [5.41, 5.74) is 0.939. The number of nitrogens with one attached hydrogen (secondary N) is 1.